The maximum absolute atomic E-state index is 12.4. The maximum atomic E-state index is 12.4. The Labute approximate surface area is 82.9 Å². The molecule has 0 spiro atoms. The topological polar surface area (TPSA) is 0 Å². The van der Waals surface area contributed by atoms with Gasteiger partial charge in [0.15, 0.2) is 0 Å². The molecule has 0 aromatic heterocycles. The number of unbranched alkanes of at least 4 members (excludes halogenated alkanes) is 2. The van der Waals surface area contributed by atoms with Crippen LogP contribution in [-0.4, -0.2) is 6.17 Å². The molecule has 0 aliphatic carbocycles. The van der Waals surface area contributed by atoms with E-state index >= 15 is 0 Å². The van der Waals surface area contributed by atoms with E-state index < -0.39 is 6.17 Å². The molecule has 0 aromatic rings. The monoisotopic (exact) mass is 188 g/mol. The summed E-state index contributed by atoms with van der Waals surface area (Å²) in [5.41, 5.74) is 0. The Morgan fingerprint density at radius 3 is 2.00 bits per heavy atom. The van der Waals surface area contributed by atoms with Crippen LogP contribution in [0.25, 0.3) is 0 Å². The van der Waals surface area contributed by atoms with Crippen molar-refractivity contribution in [2.75, 3.05) is 0 Å². The van der Waals surface area contributed by atoms with Gasteiger partial charge in [-0.2, -0.15) is 0 Å². The minimum Gasteiger partial charge on any atom is -0.248 e. The second-order valence-corrected chi connectivity index (χ2v) is 4.31. The first-order valence-corrected chi connectivity index (χ1v) is 5.80. The highest BCUT2D eigenvalue weighted by molar-refractivity contribution is 4.55. The molecular formula is C12H25F. The molecule has 0 heterocycles. The summed E-state index contributed by atoms with van der Waals surface area (Å²) < 4.78 is 12.4. The van der Waals surface area contributed by atoms with E-state index in [9.17, 15) is 4.39 Å². The molecule has 0 aliphatic heterocycles. The van der Waals surface area contributed by atoms with Crippen LogP contribution in [0.5, 0.6) is 0 Å². The average Bonchev–Trinajstić information content (AvgIpc) is 2.08. The molecular weight excluding hydrogens is 163 g/mol. The predicted molar refractivity (Wildman–Crippen MR) is 57.7 cm³/mol. The van der Waals surface area contributed by atoms with Crippen LogP contribution >= 0.6 is 0 Å². The van der Waals surface area contributed by atoms with Gasteiger partial charge in [0.25, 0.3) is 0 Å². The Morgan fingerprint density at radius 2 is 1.46 bits per heavy atom. The molecule has 0 fully saturated rings. The lowest BCUT2D eigenvalue weighted by Crippen LogP contribution is -1.96. The SMILES string of the molecule is CCCCC(C)CCCCC(C)F. The van der Waals surface area contributed by atoms with Crippen LogP contribution in [0.2, 0.25) is 0 Å². The van der Waals surface area contributed by atoms with E-state index in [-0.39, 0.29) is 0 Å². The van der Waals surface area contributed by atoms with Gasteiger partial charge in [-0.25, -0.2) is 4.39 Å². The Morgan fingerprint density at radius 1 is 0.923 bits per heavy atom. The smallest absolute Gasteiger partial charge is 0.0973 e. The number of halogens is 1. The fourth-order valence-corrected chi connectivity index (χ4v) is 1.62. The number of alkyl halides is 1. The molecule has 0 bridgehead atoms. The van der Waals surface area contributed by atoms with Crippen LogP contribution in [0.3, 0.4) is 0 Å². The molecule has 0 rings (SSSR count). The Kier molecular flexibility index (Phi) is 8.48. The summed E-state index contributed by atoms with van der Waals surface area (Å²) in [4.78, 5) is 0. The summed E-state index contributed by atoms with van der Waals surface area (Å²) in [6.07, 6.45) is 7.69. The van der Waals surface area contributed by atoms with Gasteiger partial charge in [0.05, 0.1) is 6.17 Å². The highest BCUT2D eigenvalue weighted by Crippen LogP contribution is 2.16. The van der Waals surface area contributed by atoms with Crippen molar-refractivity contribution >= 4 is 0 Å². The molecule has 2 atom stereocenters. The van der Waals surface area contributed by atoms with Gasteiger partial charge in [0.1, 0.15) is 0 Å². The van der Waals surface area contributed by atoms with Crippen molar-refractivity contribution in [2.24, 2.45) is 5.92 Å². The van der Waals surface area contributed by atoms with Gasteiger partial charge in [-0.1, -0.05) is 52.4 Å². The van der Waals surface area contributed by atoms with E-state index in [2.05, 4.69) is 13.8 Å². The Hall–Kier alpha value is -0.0700. The van der Waals surface area contributed by atoms with Crippen LogP contribution in [0.1, 0.15) is 65.7 Å². The predicted octanol–water partition coefficient (Wildman–Crippen LogP) is 4.73. The van der Waals surface area contributed by atoms with Crippen molar-refractivity contribution in [3.05, 3.63) is 0 Å². The highest BCUT2D eigenvalue weighted by atomic mass is 19.1. The average molecular weight is 188 g/mol. The lowest BCUT2D eigenvalue weighted by atomic mass is 9.97. The van der Waals surface area contributed by atoms with E-state index in [0.29, 0.717) is 0 Å². The van der Waals surface area contributed by atoms with E-state index in [1.807, 2.05) is 0 Å². The third kappa shape index (κ3) is 9.85. The fraction of sp³-hybridized carbons (Fsp3) is 1.00. The summed E-state index contributed by atoms with van der Waals surface area (Å²) in [5.74, 6) is 0.842. The summed E-state index contributed by atoms with van der Waals surface area (Å²) >= 11 is 0. The van der Waals surface area contributed by atoms with Crippen molar-refractivity contribution < 1.29 is 4.39 Å². The van der Waals surface area contributed by atoms with Crippen molar-refractivity contribution in [3.63, 3.8) is 0 Å². The van der Waals surface area contributed by atoms with Crippen LogP contribution < -0.4 is 0 Å². The minimum atomic E-state index is -0.606. The maximum Gasteiger partial charge on any atom is 0.0973 e. The van der Waals surface area contributed by atoms with E-state index in [1.54, 1.807) is 6.92 Å². The van der Waals surface area contributed by atoms with Crippen molar-refractivity contribution in [1.29, 1.82) is 0 Å². The van der Waals surface area contributed by atoms with E-state index in [4.69, 9.17) is 0 Å². The van der Waals surface area contributed by atoms with Crippen LogP contribution in [-0.2, 0) is 0 Å². The molecule has 13 heavy (non-hydrogen) atoms. The summed E-state index contributed by atoms with van der Waals surface area (Å²) in [7, 11) is 0. The number of rotatable bonds is 8. The highest BCUT2D eigenvalue weighted by Gasteiger charge is 2.02. The van der Waals surface area contributed by atoms with Crippen LogP contribution in [0, 0.1) is 5.92 Å². The minimum absolute atomic E-state index is 0.606. The van der Waals surface area contributed by atoms with Gasteiger partial charge in [-0.15, -0.1) is 0 Å². The molecule has 0 saturated heterocycles. The molecule has 0 N–H and O–H groups in total. The fourth-order valence-electron chi connectivity index (χ4n) is 1.62. The second-order valence-electron chi connectivity index (χ2n) is 4.31. The van der Waals surface area contributed by atoms with Gasteiger partial charge < -0.3 is 0 Å². The lowest BCUT2D eigenvalue weighted by molar-refractivity contribution is 0.324. The van der Waals surface area contributed by atoms with Gasteiger partial charge in [0, 0.05) is 0 Å². The summed E-state index contributed by atoms with van der Waals surface area (Å²) in [5, 5.41) is 0. The van der Waals surface area contributed by atoms with E-state index in [0.717, 1.165) is 18.8 Å². The zero-order valence-electron chi connectivity index (χ0n) is 9.48. The van der Waals surface area contributed by atoms with E-state index in [1.165, 1.54) is 32.1 Å². The van der Waals surface area contributed by atoms with Crippen molar-refractivity contribution in [1.82, 2.24) is 0 Å². The lowest BCUT2D eigenvalue weighted by Gasteiger charge is -2.10. The molecule has 0 aliphatic rings. The molecule has 80 valence electrons. The van der Waals surface area contributed by atoms with Crippen LogP contribution in [0.15, 0.2) is 0 Å². The molecule has 0 nitrogen and oxygen atoms in total. The Bertz CT molecular complexity index is 99.3. The molecule has 1 heteroatoms. The van der Waals surface area contributed by atoms with Crippen LogP contribution in [0.4, 0.5) is 4.39 Å². The molecule has 0 amide bonds. The largest absolute Gasteiger partial charge is 0.248 e. The molecule has 0 radical (unpaired) electrons. The van der Waals surface area contributed by atoms with Crippen molar-refractivity contribution in [2.45, 2.75) is 71.9 Å². The Balaban J connectivity index is 3.12. The molecule has 2 unspecified atom stereocenters. The zero-order valence-corrected chi connectivity index (χ0v) is 9.48. The first-order valence-electron chi connectivity index (χ1n) is 5.80. The quantitative estimate of drug-likeness (QED) is 0.483. The third-order valence-electron chi connectivity index (χ3n) is 2.60. The first-order chi connectivity index (χ1) is 6.16. The van der Waals surface area contributed by atoms with Gasteiger partial charge in [-0.3, -0.25) is 0 Å². The summed E-state index contributed by atoms with van der Waals surface area (Å²) in [6, 6.07) is 0. The summed E-state index contributed by atoms with van der Waals surface area (Å²) in [6.45, 7) is 6.20. The second kappa shape index (κ2) is 8.52. The normalized spacial score (nSPS) is 15.7. The molecule has 0 aromatic carbocycles. The van der Waals surface area contributed by atoms with Gasteiger partial charge >= 0.3 is 0 Å². The molecule has 0 saturated carbocycles. The zero-order chi connectivity index (χ0) is 10.1. The first kappa shape index (κ1) is 12.9. The number of hydrogen-bond donors (Lipinski definition) is 0. The van der Waals surface area contributed by atoms with Gasteiger partial charge in [-0.05, 0) is 19.3 Å². The standard InChI is InChI=1S/C12H25F/c1-4-5-8-11(2)9-6-7-10-12(3)13/h11-12H,4-10H2,1-3H3. The third-order valence-corrected chi connectivity index (χ3v) is 2.60. The van der Waals surface area contributed by atoms with Crippen molar-refractivity contribution in [3.8, 4) is 0 Å². The number of hydrogen-bond acceptors (Lipinski definition) is 0. The van der Waals surface area contributed by atoms with Gasteiger partial charge in [0.2, 0.25) is 0 Å².